The van der Waals surface area contributed by atoms with Gasteiger partial charge in [0.25, 0.3) is 5.56 Å². The van der Waals surface area contributed by atoms with Crippen molar-refractivity contribution in [3.63, 3.8) is 0 Å². The van der Waals surface area contributed by atoms with Gasteiger partial charge in [-0.2, -0.15) is 0 Å². The van der Waals surface area contributed by atoms with Gasteiger partial charge in [0.1, 0.15) is 5.82 Å². The molecule has 0 spiro atoms. The summed E-state index contributed by atoms with van der Waals surface area (Å²) >= 11 is 0. The second-order valence-electron chi connectivity index (χ2n) is 9.04. The van der Waals surface area contributed by atoms with E-state index >= 15 is 0 Å². The van der Waals surface area contributed by atoms with Crippen LogP contribution in [-0.4, -0.2) is 88.7 Å². The molecule has 4 rings (SSSR count). The van der Waals surface area contributed by atoms with Crippen LogP contribution in [0.15, 0.2) is 10.9 Å². The normalized spacial score (nSPS) is 22.2. The molecule has 3 aliphatic heterocycles. The van der Waals surface area contributed by atoms with Crippen LogP contribution in [0, 0.1) is 0 Å². The largest absolute Gasteiger partial charge is 0.450 e. The van der Waals surface area contributed by atoms with Crippen molar-refractivity contribution < 1.29 is 14.3 Å². The summed E-state index contributed by atoms with van der Waals surface area (Å²) in [4.78, 5) is 48.1. The molecule has 9 nitrogen and oxygen atoms in total. The quantitative estimate of drug-likeness (QED) is 0.697. The molecule has 0 aliphatic carbocycles. The van der Waals surface area contributed by atoms with Crippen molar-refractivity contribution in [2.75, 3.05) is 52.4 Å². The number of rotatable bonds is 4. The number of carbonyl (C=O) groups excluding carboxylic acids is 2. The number of amides is 2. The van der Waals surface area contributed by atoms with E-state index in [1.54, 1.807) is 17.9 Å². The minimum absolute atomic E-state index is 0.0508. The van der Waals surface area contributed by atoms with Crippen molar-refractivity contribution in [3.05, 3.63) is 27.9 Å². The number of likely N-dealkylation sites (tertiary alicyclic amines) is 1. The fraction of sp³-hybridized carbons (Fsp3) is 0.739. The van der Waals surface area contributed by atoms with Crippen LogP contribution in [0.1, 0.15) is 56.5 Å². The highest BCUT2D eigenvalue weighted by molar-refractivity contribution is 5.78. The Bertz CT molecular complexity index is 878. The molecule has 1 aromatic heterocycles. The molecular weight excluding hydrogens is 410 g/mol. The summed E-state index contributed by atoms with van der Waals surface area (Å²) in [6.45, 7) is 7.19. The SMILES string of the molecule is CCOC(=O)N1CCN(CC(=O)N2CCCC(c3cc(=O)n4c(n3)CCCCC4)C2)CC1. The Morgan fingerprint density at radius 3 is 2.62 bits per heavy atom. The minimum Gasteiger partial charge on any atom is -0.450 e. The number of ether oxygens (including phenoxy) is 1. The maximum Gasteiger partial charge on any atom is 0.409 e. The van der Waals surface area contributed by atoms with Crippen molar-refractivity contribution >= 4 is 12.0 Å². The molecule has 3 aliphatic rings. The first-order valence-electron chi connectivity index (χ1n) is 12.1. The molecule has 32 heavy (non-hydrogen) atoms. The van der Waals surface area contributed by atoms with Crippen LogP contribution in [0.3, 0.4) is 0 Å². The minimum atomic E-state index is -0.276. The first kappa shape index (κ1) is 22.8. The molecule has 2 fully saturated rings. The lowest BCUT2D eigenvalue weighted by Crippen LogP contribution is -2.52. The zero-order valence-corrected chi connectivity index (χ0v) is 19.1. The van der Waals surface area contributed by atoms with E-state index in [4.69, 9.17) is 9.72 Å². The Labute approximate surface area is 189 Å². The molecule has 0 bridgehead atoms. The highest BCUT2D eigenvalue weighted by Crippen LogP contribution is 2.26. The van der Waals surface area contributed by atoms with Gasteiger partial charge in [-0.15, -0.1) is 0 Å². The second kappa shape index (κ2) is 10.5. The fourth-order valence-electron chi connectivity index (χ4n) is 4.98. The van der Waals surface area contributed by atoms with Crippen LogP contribution in [0.4, 0.5) is 4.79 Å². The van der Waals surface area contributed by atoms with Gasteiger partial charge in [0.2, 0.25) is 5.91 Å². The van der Waals surface area contributed by atoms with Crippen LogP contribution < -0.4 is 5.56 Å². The van der Waals surface area contributed by atoms with Crippen LogP contribution in [0.25, 0.3) is 0 Å². The number of aryl methyl sites for hydroxylation is 1. The van der Waals surface area contributed by atoms with Gasteiger partial charge in [-0.25, -0.2) is 9.78 Å². The van der Waals surface area contributed by atoms with Crippen molar-refractivity contribution in [2.24, 2.45) is 0 Å². The molecule has 176 valence electrons. The molecule has 0 saturated carbocycles. The van der Waals surface area contributed by atoms with Crippen molar-refractivity contribution in [1.29, 1.82) is 0 Å². The molecule has 1 atom stereocenters. The summed E-state index contributed by atoms with van der Waals surface area (Å²) in [6, 6.07) is 1.70. The number of aromatic nitrogens is 2. The third kappa shape index (κ3) is 5.31. The van der Waals surface area contributed by atoms with E-state index in [0.29, 0.717) is 45.9 Å². The van der Waals surface area contributed by atoms with E-state index in [9.17, 15) is 14.4 Å². The molecule has 0 N–H and O–H groups in total. The maximum atomic E-state index is 13.0. The van der Waals surface area contributed by atoms with Gasteiger partial charge in [0.15, 0.2) is 0 Å². The Hall–Kier alpha value is -2.42. The lowest BCUT2D eigenvalue weighted by Gasteiger charge is -2.37. The topological polar surface area (TPSA) is 88.0 Å². The van der Waals surface area contributed by atoms with E-state index < -0.39 is 0 Å². The smallest absolute Gasteiger partial charge is 0.409 e. The Balaban J connectivity index is 1.34. The second-order valence-corrected chi connectivity index (χ2v) is 9.04. The molecule has 1 unspecified atom stereocenters. The number of nitrogens with zero attached hydrogens (tertiary/aromatic N) is 5. The number of fused-ring (bicyclic) bond motifs is 1. The molecule has 1 aromatic rings. The molecule has 4 heterocycles. The predicted octanol–water partition coefficient (Wildman–Crippen LogP) is 1.45. The van der Waals surface area contributed by atoms with Crippen molar-refractivity contribution in [3.8, 4) is 0 Å². The third-order valence-corrected chi connectivity index (χ3v) is 6.84. The summed E-state index contributed by atoms with van der Waals surface area (Å²) in [7, 11) is 0. The van der Waals surface area contributed by atoms with Gasteiger partial charge in [0, 0.05) is 64.2 Å². The van der Waals surface area contributed by atoms with Gasteiger partial charge < -0.3 is 14.5 Å². The van der Waals surface area contributed by atoms with Crippen molar-refractivity contribution in [2.45, 2.75) is 57.9 Å². The van der Waals surface area contributed by atoms with E-state index in [1.807, 2.05) is 9.47 Å². The first-order valence-corrected chi connectivity index (χ1v) is 12.1. The number of carbonyl (C=O) groups is 2. The average Bonchev–Trinajstić information content (AvgIpc) is 3.06. The Morgan fingerprint density at radius 2 is 1.84 bits per heavy atom. The lowest BCUT2D eigenvalue weighted by molar-refractivity contribution is -0.134. The number of piperidine rings is 1. The third-order valence-electron chi connectivity index (χ3n) is 6.84. The Kier molecular flexibility index (Phi) is 7.44. The summed E-state index contributed by atoms with van der Waals surface area (Å²) in [5.41, 5.74) is 0.901. The molecule has 2 saturated heterocycles. The van der Waals surface area contributed by atoms with E-state index in [1.165, 1.54) is 0 Å². The van der Waals surface area contributed by atoms with Gasteiger partial charge in [-0.1, -0.05) is 6.42 Å². The van der Waals surface area contributed by atoms with Gasteiger partial charge in [0.05, 0.1) is 18.8 Å². The molecule has 0 radical (unpaired) electrons. The van der Waals surface area contributed by atoms with Crippen LogP contribution >= 0.6 is 0 Å². The van der Waals surface area contributed by atoms with E-state index in [-0.39, 0.29) is 23.5 Å². The number of hydrogen-bond donors (Lipinski definition) is 0. The monoisotopic (exact) mass is 445 g/mol. The van der Waals surface area contributed by atoms with Crippen LogP contribution in [-0.2, 0) is 22.5 Å². The lowest BCUT2D eigenvalue weighted by atomic mass is 9.94. The fourth-order valence-corrected chi connectivity index (χ4v) is 4.98. The zero-order valence-electron chi connectivity index (χ0n) is 19.1. The number of piperazine rings is 1. The zero-order chi connectivity index (χ0) is 22.5. The number of hydrogen-bond acceptors (Lipinski definition) is 6. The maximum absolute atomic E-state index is 13.0. The average molecular weight is 446 g/mol. The molecular formula is C23H35N5O4. The summed E-state index contributed by atoms with van der Waals surface area (Å²) in [6.07, 6.45) is 5.71. The molecule has 9 heteroatoms. The Morgan fingerprint density at radius 1 is 1.03 bits per heavy atom. The van der Waals surface area contributed by atoms with E-state index in [0.717, 1.165) is 63.1 Å². The highest BCUT2D eigenvalue weighted by Gasteiger charge is 2.29. The molecule has 0 aromatic carbocycles. The summed E-state index contributed by atoms with van der Waals surface area (Å²) in [5.74, 6) is 1.15. The summed E-state index contributed by atoms with van der Waals surface area (Å²) < 4.78 is 6.89. The van der Waals surface area contributed by atoms with Gasteiger partial charge in [-0.05, 0) is 32.6 Å². The standard InChI is InChI=1S/C23H35N5O4/c1-2-32-23(31)26-13-11-25(12-14-26)17-22(30)27-9-6-7-18(16-27)19-15-21(29)28-10-5-3-4-8-20(28)24-19/h15,18H,2-14,16-17H2,1H3. The van der Waals surface area contributed by atoms with Gasteiger partial charge >= 0.3 is 6.09 Å². The molecule has 2 amide bonds. The van der Waals surface area contributed by atoms with Crippen LogP contribution in [0.2, 0.25) is 0 Å². The first-order chi connectivity index (χ1) is 15.5. The van der Waals surface area contributed by atoms with E-state index in [2.05, 4.69) is 4.90 Å². The highest BCUT2D eigenvalue weighted by atomic mass is 16.6. The van der Waals surface area contributed by atoms with Gasteiger partial charge in [-0.3, -0.25) is 19.1 Å². The van der Waals surface area contributed by atoms with Crippen molar-refractivity contribution in [1.82, 2.24) is 24.3 Å². The summed E-state index contributed by atoms with van der Waals surface area (Å²) in [5, 5.41) is 0. The predicted molar refractivity (Wildman–Crippen MR) is 120 cm³/mol. The van der Waals surface area contributed by atoms with Crippen LogP contribution in [0.5, 0.6) is 0 Å².